The lowest BCUT2D eigenvalue weighted by Crippen LogP contribution is -2.59. The second kappa shape index (κ2) is 14.4. The fourth-order valence-electron chi connectivity index (χ4n) is 8.27. The number of hydrogen-bond acceptors (Lipinski definition) is 11. The van der Waals surface area contributed by atoms with Crippen molar-refractivity contribution in [1.29, 1.82) is 0 Å². The summed E-state index contributed by atoms with van der Waals surface area (Å²) in [6.07, 6.45) is 5.55. The number of fused-ring (bicyclic) bond motifs is 1. The van der Waals surface area contributed by atoms with E-state index < -0.39 is 23.8 Å². The maximum atomic E-state index is 13.7. The summed E-state index contributed by atoms with van der Waals surface area (Å²) in [6, 6.07) is 10.4. The highest BCUT2D eigenvalue weighted by molar-refractivity contribution is 6.33. The fourth-order valence-corrected chi connectivity index (χ4v) is 8.40. The van der Waals surface area contributed by atoms with E-state index in [9.17, 15) is 19.2 Å². The van der Waals surface area contributed by atoms with E-state index in [2.05, 4.69) is 50.7 Å². The van der Waals surface area contributed by atoms with Crippen molar-refractivity contribution in [2.75, 3.05) is 73.4 Å². The molecule has 14 heteroatoms. The number of imide groups is 2. The number of hydrogen-bond donors (Lipinski definition) is 2. The van der Waals surface area contributed by atoms with Crippen molar-refractivity contribution in [1.82, 2.24) is 25.1 Å². The van der Waals surface area contributed by atoms with E-state index in [0.717, 1.165) is 79.6 Å². The molecule has 0 saturated carbocycles. The lowest BCUT2D eigenvalue weighted by atomic mass is 9.78. The summed E-state index contributed by atoms with van der Waals surface area (Å²) in [5.74, 6) is -0.337. The van der Waals surface area contributed by atoms with Crippen molar-refractivity contribution < 1.29 is 19.2 Å². The number of amides is 4. The van der Waals surface area contributed by atoms with Crippen LogP contribution in [0.4, 0.5) is 28.8 Å². The van der Waals surface area contributed by atoms with Gasteiger partial charge >= 0.3 is 0 Å². The molecule has 53 heavy (non-hydrogen) atoms. The van der Waals surface area contributed by atoms with Crippen molar-refractivity contribution in [2.45, 2.75) is 51.1 Å². The molecule has 278 valence electrons. The second-order valence-corrected chi connectivity index (χ2v) is 15.3. The number of carbonyl (C=O) groups is 4. The van der Waals surface area contributed by atoms with Gasteiger partial charge in [-0.05, 0) is 74.9 Å². The molecule has 4 amide bonds. The number of benzene rings is 2. The zero-order chi connectivity index (χ0) is 37.6. The molecule has 3 fully saturated rings. The highest BCUT2D eigenvalue weighted by Gasteiger charge is 2.47. The second-order valence-electron chi connectivity index (χ2n) is 14.9. The number of carbonyl (C=O) groups excluding carboxylic acids is 4. The van der Waals surface area contributed by atoms with E-state index in [1.54, 1.807) is 18.3 Å². The standard InChI is InChI=1S/C39H46ClN9O4/c1-6-24-22-26(10-11-29(24)45(4)5)42-34-28(40)23-41-38(44-34)47-18-20-48(21-19-47)39(2,3)25-14-16-46(17-15-25)30-9-7-8-27-33(30)37(53)49(36(27)52)31-12-13-32(50)43-35(31)51/h6-11,22-23,25,31H,1,12-21H2,2-5H3,(H,41,42,44)(H,43,50,51). The van der Waals surface area contributed by atoms with Gasteiger partial charge in [-0.1, -0.05) is 30.3 Å². The molecule has 3 aromatic rings. The third kappa shape index (κ3) is 6.83. The summed E-state index contributed by atoms with van der Waals surface area (Å²) < 4.78 is 0. The molecule has 7 rings (SSSR count). The molecule has 1 aromatic heterocycles. The molecular formula is C39H46ClN9O4. The molecule has 13 nitrogen and oxygen atoms in total. The van der Waals surface area contributed by atoms with Gasteiger partial charge in [0, 0.05) is 76.7 Å². The maximum absolute atomic E-state index is 13.7. The van der Waals surface area contributed by atoms with Crippen LogP contribution in [0.3, 0.4) is 0 Å². The molecule has 1 atom stereocenters. The van der Waals surface area contributed by atoms with Gasteiger partial charge < -0.3 is 20.0 Å². The van der Waals surface area contributed by atoms with Crippen LogP contribution in [0, 0.1) is 5.92 Å². The number of piperidine rings is 2. The summed E-state index contributed by atoms with van der Waals surface area (Å²) in [4.78, 5) is 70.8. The van der Waals surface area contributed by atoms with E-state index in [1.807, 2.05) is 49.3 Å². The van der Waals surface area contributed by atoms with Gasteiger partial charge in [0.2, 0.25) is 17.8 Å². The highest BCUT2D eigenvalue weighted by Crippen LogP contribution is 2.39. The molecule has 2 aromatic carbocycles. The number of aromatic nitrogens is 2. The Balaban J connectivity index is 0.972. The largest absolute Gasteiger partial charge is 0.377 e. The van der Waals surface area contributed by atoms with Crippen LogP contribution in [0.5, 0.6) is 0 Å². The Bertz CT molecular complexity index is 1970. The minimum Gasteiger partial charge on any atom is -0.377 e. The zero-order valence-corrected chi connectivity index (χ0v) is 31.4. The Morgan fingerprint density at radius 2 is 1.70 bits per heavy atom. The topological polar surface area (TPSA) is 134 Å². The molecule has 0 spiro atoms. The number of nitrogens with zero attached hydrogens (tertiary/aromatic N) is 7. The summed E-state index contributed by atoms with van der Waals surface area (Å²) >= 11 is 6.54. The molecule has 2 N–H and O–H groups in total. The number of halogens is 1. The molecule has 4 aliphatic heterocycles. The number of nitrogens with one attached hydrogen (secondary N) is 2. The van der Waals surface area contributed by atoms with Crippen LogP contribution in [-0.2, 0) is 9.59 Å². The van der Waals surface area contributed by atoms with Crippen LogP contribution in [0.2, 0.25) is 5.02 Å². The Hall–Kier alpha value is -5.01. The monoisotopic (exact) mass is 739 g/mol. The lowest BCUT2D eigenvalue weighted by molar-refractivity contribution is -0.136. The Morgan fingerprint density at radius 1 is 0.962 bits per heavy atom. The minimum atomic E-state index is -0.984. The van der Waals surface area contributed by atoms with Crippen LogP contribution in [0.25, 0.3) is 6.08 Å². The van der Waals surface area contributed by atoms with Gasteiger partial charge in [-0.25, -0.2) is 4.98 Å². The van der Waals surface area contributed by atoms with Gasteiger partial charge in [0.05, 0.1) is 23.0 Å². The smallest absolute Gasteiger partial charge is 0.264 e. The summed E-state index contributed by atoms with van der Waals surface area (Å²) in [7, 11) is 4.00. The van der Waals surface area contributed by atoms with Crippen molar-refractivity contribution in [3.05, 3.63) is 70.9 Å². The molecule has 0 aliphatic carbocycles. The van der Waals surface area contributed by atoms with Crippen LogP contribution >= 0.6 is 11.6 Å². The van der Waals surface area contributed by atoms with Crippen LogP contribution in [-0.4, -0.2) is 108 Å². The molecule has 1 unspecified atom stereocenters. The van der Waals surface area contributed by atoms with Crippen LogP contribution in [0.15, 0.2) is 49.2 Å². The third-order valence-corrected chi connectivity index (χ3v) is 11.7. The summed E-state index contributed by atoms with van der Waals surface area (Å²) in [5, 5.41) is 6.08. The molecular weight excluding hydrogens is 694 g/mol. The number of rotatable bonds is 9. The fraction of sp³-hybridized carbons (Fsp3) is 0.436. The first-order chi connectivity index (χ1) is 25.4. The van der Waals surface area contributed by atoms with Gasteiger partial charge in [-0.3, -0.25) is 34.3 Å². The average molecular weight is 740 g/mol. The van der Waals surface area contributed by atoms with E-state index in [0.29, 0.717) is 33.8 Å². The Labute approximate surface area is 315 Å². The molecule has 5 heterocycles. The number of piperazine rings is 1. The molecule has 0 radical (unpaired) electrons. The predicted molar refractivity (Wildman–Crippen MR) is 207 cm³/mol. The van der Waals surface area contributed by atoms with E-state index in [1.165, 1.54) is 0 Å². The minimum absolute atomic E-state index is 0.0691. The Kier molecular flexibility index (Phi) is 9.90. The SMILES string of the molecule is C=Cc1cc(Nc2nc(N3CCN(C(C)(C)C4CCN(c5cccc6c5C(=O)N(C5CCC(=O)NC5=O)C6=O)CC4)CC3)ncc2Cl)ccc1N(C)C. The van der Waals surface area contributed by atoms with E-state index >= 15 is 0 Å². The van der Waals surface area contributed by atoms with Gasteiger partial charge in [-0.2, -0.15) is 4.98 Å². The predicted octanol–water partition coefficient (Wildman–Crippen LogP) is 4.80. The summed E-state index contributed by atoms with van der Waals surface area (Å²) in [6.45, 7) is 13.4. The van der Waals surface area contributed by atoms with Crippen LogP contribution < -0.4 is 25.3 Å². The average Bonchev–Trinajstić information content (AvgIpc) is 3.41. The molecule has 4 aliphatic rings. The molecule has 0 bridgehead atoms. The highest BCUT2D eigenvalue weighted by atomic mass is 35.5. The van der Waals surface area contributed by atoms with Crippen molar-refractivity contribution in [3.8, 4) is 0 Å². The first-order valence-corrected chi connectivity index (χ1v) is 18.6. The Morgan fingerprint density at radius 3 is 2.38 bits per heavy atom. The zero-order valence-electron chi connectivity index (χ0n) is 30.7. The maximum Gasteiger partial charge on any atom is 0.264 e. The first-order valence-electron chi connectivity index (χ1n) is 18.2. The van der Waals surface area contributed by atoms with Crippen molar-refractivity contribution in [2.24, 2.45) is 5.92 Å². The van der Waals surface area contributed by atoms with E-state index in [4.69, 9.17) is 16.6 Å². The van der Waals surface area contributed by atoms with Gasteiger partial charge in [0.15, 0.2) is 5.82 Å². The normalized spacial score (nSPS) is 20.1. The molecule has 3 saturated heterocycles. The van der Waals surface area contributed by atoms with Crippen molar-refractivity contribution >= 4 is 70.1 Å². The van der Waals surface area contributed by atoms with Crippen molar-refractivity contribution in [3.63, 3.8) is 0 Å². The van der Waals surface area contributed by atoms with Gasteiger partial charge in [0.1, 0.15) is 11.1 Å². The first kappa shape index (κ1) is 36.4. The quantitative estimate of drug-likeness (QED) is 0.293. The van der Waals surface area contributed by atoms with Crippen LogP contribution in [0.1, 0.15) is 65.8 Å². The number of anilines is 5. The van der Waals surface area contributed by atoms with E-state index in [-0.39, 0.29) is 24.3 Å². The third-order valence-electron chi connectivity index (χ3n) is 11.4. The lowest BCUT2D eigenvalue weighted by Gasteiger charge is -2.50. The van der Waals surface area contributed by atoms with Gasteiger partial charge in [0.25, 0.3) is 11.8 Å². The summed E-state index contributed by atoms with van der Waals surface area (Å²) in [5.41, 5.74) is 4.25. The van der Waals surface area contributed by atoms with Gasteiger partial charge in [-0.15, -0.1) is 0 Å².